The predicted octanol–water partition coefficient (Wildman–Crippen LogP) is 3.33. The third-order valence-electron chi connectivity index (χ3n) is 3.66. The molecule has 0 aliphatic heterocycles. The fourth-order valence-electron chi connectivity index (χ4n) is 2.37. The average Bonchev–Trinajstić information content (AvgIpc) is 3.11. The number of hydrogen-bond donors (Lipinski definition) is 0. The molecule has 24 heavy (non-hydrogen) atoms. The molecule has 0 unspecified atom stereocenters. The molecule has 0 aliphatic rings. The quantitative estimate of drug-likeness (QED) is 0.555. The molecule has 0 radical (unpaired) electrons. The number of hydrogen-bond acceptors (Lipinski definition) is 4. The first kappa shape index (κ1) is 15.1. The molecule has 6 heteroatoms. The van der Waals surface area contributed by atoms with Crippen LogP contribution in [0.15, 0.2) is 53.3 Å². The fourth-order valence-corrected chi connectivity index (χ4v) is 3.40. The van der Waals surface area contributed by atoms with Crippen LogP contribution >= 0.6 is 22.9 Å². The van der Waals surface area contributed by atoms with Crippen molar-refractivity contribution in [1.82, 2.24) is 14.6 Å². The van der Waals surface area contributed by atoms with Crippen LogP contribution in [-0.4, -0.2) is 14.6 Å². The molecule has 0 bridgehead atoms. The Kier molecular flexibility index (Phi) is 3.67. The van der Waals surface area contributed by atoms with Crippen LogP contribution in [0.25, 0.3) is 22.4 Å². The topological polar surface area (TPSA) is 47.3 Å². The maximum atomic E-state index is 12.5. The molecule has 2 heterocycles. The second kappa shape index (κ2) is 5.85. The van der Waals surface area contributed by atoms with Crippen LogP contribution in [-0.2, 0) is 0 Å². The van der Waals surface area contributed by atoms with Gasteiger partial charge in [0.1, 0.15) is 0 Å². The van der Waals surface area contributed by atoms with Crippen molar-refractivity contribution >= 4 is 34.0 Å². The average molecular weight is 354 g/mol. The van der Waals surface area contributed by atoms with Crippen LogP contribution in [0.1, 0.15) is 11.1 Å². The van der Waals surface area contributed by atoms with Crippen LogP contribution < -0.4 is 10.1 Å². The summed E-state index contributed by atoms with van der Waals surface area (Å²) < 4.78 is 1.96. The first-order valence-electron chi connectivity index (χ1n) is 7.34. The van der Waals surface area contributed by atoms with Crippen molar-refractivity contribution in [3.63, 3.8) is 0 Å². The Morgan fingerprint density at radius 3 is 2.46 bits per heavy atom. The summed E-state index contributed by atoms with van der Waals surface area (Å²) in [6.45, 7) is 2.03. The van der Waals surface area contributed by atoms with Crippen molar-refractivity contribution in [3.8, 4) is 11.4 Å². The highest BCUT2D eigenvalue weighted by molar-refractivity contribution is 7.15. The van der Waals surface area contributed by atoms with E-state index in [1.807, 2.05) is 49.4 Å². The molecule has 0 amide bonds. The molecule has 0 aliphatic carbocycles. The van der Waals surface area contributed by atoms with Crippen LogP contribution in [0.4, 0.5) is 0 Å². The van der Waals surface area contributed by atoms with Crippen molar-refractivity contribution in [2.75, 3.05) is 0 Å². The van der Waals surface area contributed by atoms with Gasteiger partial charge in [-0.25, -0.2) is 0 Å². The first-order chi connectivity index (χ1) is 11.6. The van der Waals surface area contributed by atoms with Gasteiger partial charge in [0, 0.05) is 10.6 Å². The SMILES string of the molecule is Cc1ccc(-c2nc3s/c(=C/c4ccc(Cl)cc4)c(=O)n3n2)cc1. The zero-order chi connectivity index (χ0) is 16.7. The van der Waals surface area contributed by atoms with Gasteiger partial charge >= 0.3 is 0 Å². The second-order valence-electron chi connectivity index (χ2n) is 5.46. The molecule has 0 fully saturated rings. The lowest BCUT2D eigenvalue weighted by atomic mass is 10.1. The summed E-state index contributed by atoms with van der Waals surface area (Å²) in [7, 11) is 0. The molecule has 0 saturated carbocycles. The summed E-state index contributed by atoms with van der Waals surface area (Å²) in [5.41, 5.74) is 2.83. The summed E-state index contributed by atoms with van der Waals surface area (Å²) in [5, 5.41) is 5.02. The third-order valence-corrected chi connectivity index (χ3v) is 4.87. The molecule has 0 atom stereocenters. The normalized spacial score (nSPS) is 12.2. The van der Waals surface area contributed by atoms with Gasteiger partial charge in [-0.2, -0.15) is 9.50 Å². The molecule has 0 saturated heterocycles. The molecule has 4 rings (SSSR count). The number of benzene rings is 2. The molecule has 4 aromatic rings. The lowest BCUT2D eigenvalue weighted by Gasteiger charge is -1.95. The first-order valence-corrected chi connectivity index (χ1v) is 8.53. The van der Waals surface area contributed by atoms with Crippen LogP contribution in [0.3, 0.4) is 0 Å². The van der Waals surface area contributed by atoms with E-state index in [2.05, 4.69) is 10.1 Å². The Balaban J connectivity index is 1.79. The van der Waals surface area contributed by atoms with Crippen LogP contribution in [0.2, 0.25) is 5.02 Å². The number of halogens is 1. The van der Waals surface area contributed by atoms with E-state index in [9.17, 15) is 4.79 Å². The van der Waals surface area contributed by atoms with Gasteiger partial charge in [0.05, 0.1) is 4.53 Å². The number of thiazole rings is 1. The summed E-state index contributed by atoms with van der Waals surface area (Å²) in [6.07, 6.45) is 1.82. The van der Waals surface area contributed by atoms with Gasteiger partial charge in [-0.1, -0.05) is 64.9 Å². The van der Waals surface area contributed by atoms with Gasteiger partial charge in [-0.15, -0.1) is 5.10 Å². The Labute approximate surface area is 146 Å². The maximum Gasteiger partial charge on any atom is 0.291 e. The zero-order valence-electron chi connectivity index (χ0n) is 12.7. The van der Waals surface area contributed by atoms with Crippen molar-refractivity contribution in [2.45, 2.75) is 6.92 Å². The minimum absolute atomic E-state index is 0.157. The third kappa shape index (κ3) is 2.72. The Bertz CT molecular complexity index is 1130. The molecule has 4 nitrogen and oxygen atoms in total. The highest BCUT2D eigenvalue weighted by Crippen LogP contribution is 2.17. The van der Waals surface area contributed by atoms with Crippen molar-refractivity contribution in [2.24, 2.45) is 0 Å². The van der Waals surface area contributed by atoms with E-state index < -0.39 is 0 Å². The Morgan fingerprint density at radius 1 is 1.08 bits per heavy atom. The van der Waals surface area contributed by atoms with Crippen molar-refractivity contribution < 1.29 is 0 Å². The lowest BCUT2D eigenvalue weighted by molar-refractivity contribution is 0.937. The molecule has 0 spiro atoms. The van der Waals surface area contributed by atoms with Crippen molar-refractivity contribution in [3.05, 3.63) is 79.6 Å². The van der Waals surface area contributed by atoms with Gasteiger partial charge < -0.3 is 0 Å². The number of fused-ring (bicyclic) bond motifs is 1. The molecule has 2 aromatic carbocycles. The van der Waals surface area contributed by atoms with E-state index in [-0.39, 0.29) is 5.56 Å². The van der Waals surface area contributed by atoms with Crippen molar-refractivity contribution in [1.29, 1.82) is 0 Å². The Hall–Kier alpha value is -2.50. The van der Waals surface area contributed by atoms with E-state index in [0.717, 1.165) is 11.1 Å². The van der Waals surface area contributed by atoms with E-state index in [4.69, 9.17) is 11.6 Å². The largest absolute Gasteiger partial charge is 0.291 e. The van der Waals surface area contributed by atoms with E-state index >= 15 is 0 Å². The van der Waals surface area contributed by atoms with Gasteiger partial charge in [0.15, 0.2) is 5.82 Å². The summed E-state index contributed by atoms with van der Waals surface area (Å²) in [6, 6.07) is 15.3. The monoisotopic (exact) mass is 353 g/mol. The minimum Gasteiger partial charge on any atom is -0.266 e. The zero-order valence-corrected chi connectivity index (χ0v) is 14.3. The standard InChI is InChI=1S/C18H12ClN3OS/c1-11-2-6-13(7-3-11)16-20-18-22(21-16)17(23)15(24-18)10-12-4-8-14(19)9-5-12/h2-10H,1H3/b15-10+. The van der Waals surface area contributed by atoms with Gasteiger partial charge in [-0.05, 0) is 30.7 Å². The summed E-state index contributed by atoms with van der Waals surface area (Å²) in [4.78, 5) is 17.6. The lowest BCUT2D eigenvalue weighted by Crippen LogP contribution is -2.23. The molecule has 2 aromatic heterocycles. The van der Waals surface area contributed by atoms with E-state index in [1.54, 1.807) is 12.1 Å². The minimum atomic E-state index is -0.157. The van der Waals surface area contributed by atoms with Gasteiger partial charge in [0.25, 0.3) is 5.56 Å². The number of nitrogens with zero attached hydrogens (tertiary/aromatic N) is 3. The summed E-state index contributed by atoms with van der Waals surface area (Å²) in [5.74, 6) is 0.566. The van der Waals surface area contributed by atoms with Gasteiger partial charge in [-0.3, -0.25) is 4.79 Å². The number of rotatable bonds is 2. The van der Waals surface area contributed by atoms with E-state index in [1.165, 1.54) is 21.4 Å². The fraction of sp³-hybridized carbons (Fsp3) is 0.0556. The second-order valence-corrected chi connectivity index (χ2v) is 6.91. The Morgan fingerprint density at radius 2 is 1.79 bits per heavy atom. The molecular formula is C18H12ClN3OS. The highest BCUT2D eigenvalue weighted by atomic mass is 35.5. The van der Waals surface area contributed by atoms with Crippen LogP contribution in [0.5, 0.6) is 0 Å². The molecule has 0 N–H and O–H groups in total. The van der Waals surface area contributed by atoms with Gasteiger partial charge in [0.2, 0.25) is 4.96 Å². The molecule has 118 valence electrons. The van der Waals surface area contributed by atoms with E-state index in [0.29, 0.717) is 20.3 Å². The maximum absolute atomic E-state index is 12.5. The smallest absolute Gasteiger partial charge is 0.266 e. The number of aryl methyl sites for hydroxylation is 1. The highest BCUT2D eigenvalue weighted by Gasteiger charge is 2.11. The van der Waals surface area contributed by atoms with Crippen LogP contribution in [0, 0.1) is 6.92 Å². The summed E-state index contributed by atoms with van der Waals surface area (Å²) >= 11 is 7.21. The number of aromatic nitrogens is 3. The predicted molar refractivity (Wildman–Crippen MR) is 97.5 cm³/mol. The molecular weight excluding hydrogens is 342 g/mol.